The summed E-state index contributed by atoms with van der Waals surface area (Å²) in [6.45, 7) is 3.13. The molecule has 5 rings (SSSR count). The molecular formula is C26H27F2N7O. The second-order valence-corrected chi connectivity index (χ2v) is 8.95. The van der Waals surface area contributed by atoms with E-state index in [0.29, 0.717) is 30.0 Å². The quantitative estimate of drug-likeness (QED) is 0.392. The molecular weight excluding hydrogens is 464 g/mol. The molecule has 186 valence electrons. The summed E-state index contributed by atoms with van der Waals surface area (Å²) in [7, 11) is 1.83. The van der Waals surface area contributed by atoms with Gasteiger partial charge in [-0.3, -0.25) is 10.00 Å². The number of hydrogen-bond acceptors (Lipinski definition) is 4. The maximum Gasteiger partial charge on any atom is 0.320 e. The van der Waals surface area contributed by atoms with E-state index in [0.717, 1.165) is 29.4 Å². The molecule has 1 fully saturated rings. The monoisotopic (exact) mass is 491 g/mol. The maximum absolute atomic E-state index is 13.9. The first-order chi connectivity index (χ1) is 17.4. The van der Waals surface area contributed by atoms with Crippen molar-refractivity contribution in [1.82, 2.24) is 30.2 Å². The second kappa shape index (κ2) is 9.90. The summed E-state index contributed by atoms with van der Waals surface area (Å²) in [5.41, 5.74) is 3.79. The number of amides is 2. The number of para-hydroxylation sites is 1. The molecule has 2 amide bonds. The van der Waals surface area contributed by atoms with E-state index in [1.807, 2.05) is 50.5 Å². The van der Waals surface area contributed by atoms with Gasteiger partial charge >= 0.3 is 6.03 Å². The van der Waals surface area contributed by atoms with Gasteiger partial charge in [-0.2, -0.15) is 10.2 Å². The lowest BCUT2D eigenvalue weighted by molar-refractivity contribution is 0.242. The normalized spacial score (nSPS) is 17.7. The molecule has 10 heteroatoms. The minimum Gasteiger partial charge on any atom is -0.333 e. The molecule has 0 aliphatic carbocycles. The number of halogens is 2. The Hall–Kier alpha value is -4.05. The molecule has 1 aliphatic heterocycles. The highest BCUT2D eigenvalue weighted by atomic mass is 19.2. The lowest BCUT2D eigenvalue weighted by Crippen LogP contribution is -2.51. The average Bonchev–Trinajstić information content (AvgIpc) is 3.45. The van der Waals surface area contributed by atoms with Gasteiger partial charge in [-0.15, -0.1) is 0 Å². The molecule has 1 saturated heterocycles. The van der Waals surface area contributed by atoms with Gasteiger partial charge in [0.15, 0.2) is 11.6 Å². The van der Waals surface area contributed by atoms with Crippen LogP contribution in [0, 0.1) is 18.6 Å². The molecule has 2 unspecified atom stereocenters. The topological polar surface area (TPSA) is 88.8 Å². The number of anilines is 1. The molecule has 0 saturated carbocycles. The van der Waals surface area contributed by atoms with Crippen molar-refractivity contribution in [2.24, 2.45) is 7.05 Å². The lowest BCUT2D eigenvalue weighted by atomic mass is 9.86. The molecule has 36 heavy (non-hydrogen) atoms. The van der Waals surface area contributed by atoms with Crippen LogP contribution >= 0.6 is 0 Å². The van der Waals surface area contributed by atoms with Gasteiger partial charge in [-0.25, -0.2) is 18.3 Å². The highest BCUT2D eigenvalue weighted by Gasteiger charge is 2.29. The fourth-order valence-corrected chi connectivity index (χ4v) is 4.68. The molecule has 0 radical (unpaired) electrons. The second-order valence-electron chi connectivity index (χ2n) is 8.95. The number of aryl methyl sites for hydroxylation is 1. The molecule has 2 atom stereocenters. The predicted molar refractivity (Wildman–Crippen MR) is 133 cm³/mol. The Morgan fingerprint density at radius 3 is 2.67 bits per heavy atom. The van der Waals surface area contributed by atoms with E-state index in [2.05, 4.69) is 21.0 Å². The summed E-state index contributed by atoms with van der Waals surface area (Å²) < 4.78 is 30.8. The van der Waals surface area contributed by atoms with Crippen molar-refractivity contribution >= 4 is 11.8 Å². The van der Waals surface area contributed by atoms with Crippen molar-refractivity contribution in [2.75, 3.05) is 18.4 Å². The predicted octanol–water partition coefficient (Wildman–Crippen LogP) is 4.13. The van der Waals surface area contributed by atoms with E-state index < -0.39 is 17.7 Å². The maximum atomic E-state index is 13.9. The Kier molecular flexibility index (Phi) is 6.51. The fraction of sp³-hybridized carbons (Fsp3) is 0.269. The van der Waals surface area contributed by atoms with Crippen LogP contribution in [0.1, 0.15) is 23.5 Å². The molecule has 4 aromatic rings. The number of urea groups is 1. The van der Waals surface area contributed by atoms with E-state index >= 15 is 0 Å². The Morgan fingerprint density at radius 1 is 1.14 bits per heavy atom. The number of piperidine rings is 1. The van der Waals surface area contributed by atoms with Crippen LogP contribution in [0.15, 0.2) is 60.9 Å². The summed E-state index contributed by atoms with van der Waals surface area (Å²) in [6.07, 6.45) is 4.28. The Labute approximate surface area is 207 Å². The molecule has 0 spiro atoms. The summed E-state index contributed by atoms with van der Waals surface area (Å²) >= 11 is 0. The van der Waals surface area contributed by atoms with Crippen LogP contribution in [0.2, 0.25) is 0 Å². The third kappa shape index (κ3) is 4.72. The highest BCUT2D eigenvalue weighted by molar-refractivity contribution is 5.91. The van der Waals surface area contributed by atoms with Crippen molar-refractivity contribution in [3.8, 4) is 16.9 Å². The summed E-state index contributed by atoms with van der Waals surface area (Å²) in [5.74, 6) is -1.40. The molecule has 8 nitrogen and oxygen atoms in total. The summed E-state index contributed by atoms with van der Waals surface area (Å²) in [4.78, 5) is 13.2. The van der Waals surface area contributed by atoms with Crippen molar-refractivity contribution in [1.29, 1.82) is 0 Å². The minimum absolute atomic E-state index is 0.154. The number of benzene rings is 2. The molecule has 1 aliphatic rings. The van der Waals surface area contributed by atoms with Crippen molar-refractivity contribution in [2.45, 2.75) is 25.3 Å². The van der Waals surface area contributed by atoms with Crippen molar-refractivity contribution in [3.63, 3.8) is 0 Å². The van der Waals surface area contributed by atoms with Gasteiger partial charge in [0.1, 0.15) is 11.5 Å². The van der Waals surface area contributed by atoms with Gasteiger partial charge in [0, 0.05) is 42.9 Å². The van der Waals surface area contributed by atoms with E-state index in [1.54, 1.807) is 21.6 Å². The Bertz CT molecular complexity index is 1380. The minimum atomic E-state index is -0.889. The van der Waals surface area contributed by atoms with Crippen molar-refractivity contribution < 1.29 is 13.6 Å². The first kappa shape index (κ1) is 23.7. The first-order valence-electron chi connectivity index (χ1n) is 11.8. The Morgan fingerprint density at radius 2 is 1.94 bits per heavy atom. The molecule has 2 aromatic carbocycles. The lowest BCUT2D eigenvalue weighted by Gasteiger charge is -2.33. The van der Waals surface area contributed by atoms with Gasteiger partial charge in [0.25, 0.3) is 0 Å². The molecule has 0 bridgehead atoms. The van der Waals surface area contributed by atoms with Crippen LogP contribution in [-0.4, -0.2) is 44.7 Å². The number of carbonyl (C=O) groups excluding carboxylic acids is 1. The van der Waals surface area contributed by atoms with Gasteiger partial charge in [-0.05, 0) is 49.7 Å². The standard InChI is InChI=1S/C26H27F2N7O/c1-16-24(18-13-30-34(2)15-18)33-35(19-6-4-3-5-7-19)25(16)32-26(36)31-23-14-29-11-10-20(23)17-8-9-21(27)22(28)12-17/h3-9,12-13,15,20,23,29H,10-11,14H2,1-2H3,(H2,31,32,36). The van der Waals surface area contributed by atoms with Crippen LogP contribution in [0.25, 0.3) is 16.9 Å². The first-order valence-corrected chi connectivity index (χ1v) is 11.8. The summed E-state index contributed by atoms with van der Waals surface area (Å²) in [6, 6.07) is 12.7. The van der Waals surface area contributed by atoms with Crippen LogP contribution in [-0.2, 0) is 7.05 Å². The zero-order chi connectivity index (χ0) is 25.2. The van der Waals surface area contributed by atoms with E-state index in [-0.39, 0.29) is 12.0 Å². The SMILES string of the molecule is Cc1c(-c2cnn(C)c2)nn(-c2ccccc2)c1NC(=O)NC1CNCCC1c1ccc(F)c(F)c1. The molecule has 3 heterocycles. The fourth-order valence-electron chi connectivity index (χ4n) is 4.68. The van der Waals surface area contributed by atoms with Gasteiger partial charge in [-0.1, -0.05) is 24.3 Å². The van der Waals surface area contributed by atoms with Gasteiger partial charge in [0.05, 0.1) is 11.9 Å². The molecule has 3 N–H and O–H groups in total. The smallest absolute Gasteiger partial charge is 0.320 e. The number of aromatic nitrogens is 4. The summed E-state index contributed by atoms with van der Waals surface area (Å²) in [5, 5.41) is 18.3. The number of hydrogen-bond donors (Lipinski definition) is 3. The van der Waals surface area contributed by atoms with Crippen molar-refractivity contribution in [3.05, 3.63) is 83.7 Å². The van der Waals surface area contributed by atoms with Crippen LogP contribution < -0.4 is 16.0 Å². The van der Waals surface area contributed by atoms with E-state index in [4.69, 9.17) is 5.10 Å². The van der Waals surface area contributed by atoms with Crippen LogP contribution in [0.3, 0.4) is 0 Å². The number of rotatable bonds is 5. The van der Waals surface area contributed by atoms with Gasteiger partial charge < -0.3 is 10.6 Å². The van der Waals surface area contributed by atoms with E-state index in [9.17, 15) is 13.6 Å². The number of carbonyl (C=O) groups is 1. The van der Waals surface area contributed by atoms with Crippen LogP contribution in [0.5, 0.6) is 0 Å². The highest BCUT2D eigenvalue weighted by Crippen LogP contribution is 2.31. The van der Waals surface area contributed by atoms with Crippen LogP contribution in [0.4, 0.5) is 19.4 Å². The van der Waals surface area contributed by atoms with E-state index in [1.165, 1.54) is 6.07 Å². The third-order valence-corrected chi connectivity index (χ3v) is 6.50. The Balaban J connectivity index is 1.42. The average molecular weight is 492 g/mol. The zero-order valence-electron chi connectivity index (χ0n) is 20.0. The van der Waals surface area contributed by atoms with Gasteiger partial charge in [0.2, 0.25) is 0 Å². The number of nitrogens with one attached hydrogen (secondary N) is 3. The largest absolute Gasteiger partial charge is 0.333 e. The number of nitrogens with zero attached hydrogens (tertiary/aromatic N) is 4. The third-order valence-electron chi connectivity index (χ3n) is 6.50. The molecule has 2 aromatic heterocycles. The zero-order valence-corrected chi connectivity index (χ0v) is 20.0.